The second-order valence-corrected chi connectivity index (χ2v) is 4.32. The molecule has 0 aliphatic rings. The zero-order valence-corrected chi connectivity index (χ0v) is 10.6. The Hall–Kier alpha value is -1.78. The Kier molecular flexibility index (Phi) is 2.92. The van der Waals surface area contributed by atoms with E-state index in [4.69, 9.17) is 4.74 Å². The zero-order valence-electron chi connectivity index (χ0n) is 10.6. The van der Waals surface area contributed by atoms with E-state index < -0.39 is 0 Å². The molecule has 2 aromatic heterocycles. The number of nitrogens with zero attached hydrogens (tertiary/aromatic N) is 3. The summed E-state index contributed by atoms with van der Waals surface area (Å²) < 4.78 is 8.60. The van der Waals surface area contributed by atoms with E-state index >= 15 is 0 Å². The Morgan fingerprint density at radius 3 is 2.71 bits per heavy atom. The smallest absolute Gasteiger partial charge is 0.356 e. The summed E-state index contributed by atoms with van der Waals surface area (Å²) in [4.78, 5) is 16.2. The van der Waals surface area contributed by atoms with Crippen LogP contribution in [0.25, 0.3) is 5.78 Å². The number of imidazole rings is 2. The van der Waals surface area contributed by atoms with E-state index in [-0.39, 0.29) is 5.97 Å². The molecule has 0 aliphatic heterocycles. The molecule has 2 heterocycles. The van der Waals surface area contributed by atoms with E-state index in [2.05, 4.69) is 18.8 Å². The number of rotatable bonds is 3. The standard InChI is InChI=1S/C12H17N3O2/c1-5-17-11(16)10-7-15-6-9(8(2)3)13-12(15)14(10)4/h6-8H,5H2,1-4H3. The highest BCUT2D eigenvalue weighted by molar-refractivity contribution is 5.88. The van der Waals surface area contributed by atoms with Crippen LogP contribution in [0.15, 0.2) is 12.4 Å². The summed E-state index contributed by atoms with van der Waals surface area (Å²) >= 11 is 0. The summed E-state index contributed by atoms with van der Waals surface area (Å²) in [6.45, 7) is 6.36. The molecule has 5 nitrogen and oxygen atoms in total. The van der Waals surface area contributed by atoms with Crippen LogP contribution < -0.4 is 0 Å². The van der Waals surface area contributed by atoms with Crippen molar-refractivity contribution in [3.05, 3.63) is 23.8 Å². The van der Waals surface area contributed by atoms with Gasteiger partial charge in [-0.1, -0.05) is 13.8 Å². The van der Waals surface area contributed by atoms with Gasteiger partial charge >= 0.3 is 5.97 Å². The van der Waals surface area contributed by atoms with Crippen LogP contribution in [-0.4, -0.2) is 26.5 Å². The van der Waals surface area contributed by atoms with Gasteiger partial charge in [0.05, 0.1) is 12.3 Å². The maximum absolute atomic E-state index is 11.7. The average molecular weight is 235 g/mol. The molecule has 0 N–H and O–H groups in total. The predicted molar refractivity (Wildman–Crippen MR) is 64.2 cm³/mol. The summed E-state index contributed by atoms with van der Waals surface area (Å²) in [5.74, 6) is 0.823. The van der Waals surface area contributed by atoms with Crippen molar-refractivity contribution < 1.29 is 9.53 Å². The number of ether oxygens (including phenoxy) is 1. The van der Waals surface area contributed by atoms with Crippen LogP contribution in [0.3, 0.4) is 0 Å². The molecule has 2 rings (SSSR count). The van der Waals surface area contributed by atoms with Crippen LogP contribution in [-0.2, 0) is 11.8 Å². The predicted octanol–water partition coefficient (Wildman–Crippen LogP) is 1.97. The first kappa shape index (κ1) is 11.7. The van der Waals surface area contributed by atoms with Crippen LogP contribution in [0.1, 0.15) is 42.9 Å². The number of aryl methyl sites for hydroxylation is 1. The lowest BCUT2D eigenvalue weighted by Crippen LogP contribution is -2.09. The number of hydrogen-bond donors (Lipinski definition) is 0. The van der Waals surface area contributed by atoms with Crippen LogP contribution in [0.4, 0.5) is 0 Å². The highest BCUT2D eigenvalue weighted by Gasteiger charge is 2.17. The molecule has 0 spiro atoms. The minimum Gasteiger partial charge on any atom is -0.461 e. The van der Waals surface area contributed by atoms with Crippen molar-refractivity contribution in [1.82, 2.24) is 14.0 Å². The number of esters is 1. The third-order valence-corrected chi connectivity index (χ3v) is 2.73. The Balaban J connectivity index is 2.45. The summed E-state index contributed by atoms with van der Waals surface area (Å²) in [7, 11) is 1.82. The van der Waals surface area contributed by atoms with Crippen LogP contribution in [0.5, 0.6) is 0 Å². The molecule has 2 aromatic rings. The molecule has 0 fully saturated rings. The van der Waals surface area contributed by atoms with Crippen molar-refractivity contribution in [2.45, 2.75) is 26.7 Å². The van der Waals surface area contributed by atoms with Gasteiger partial charge in [-0.25, -0.2) is 9.78 Å². The molecule has 0 saturated heterocycles. The Labute approximate surface area is 100 Å². The minimum absolute atomic E-state index is 0.313. The van der Waals surface area contributed by atoms with Crippen molar-refractivity contribution >= 4 is 11.7 Å². The van der Waals surface area contributed by atoms with Crippen molar-refractivity contribution in [2.75, 3.05) is 6.61 Å². The lowest BCUT2D eigenvalue weighted by Gasteiger charge is -2.02. The highest BCUT2D eigenvalue weighted by atomic mass is 16.5. The summed E-state index contributed by atoms with van der Waals surface area (Å²) in [6.07, 6.45) is 3.70. The van der Waals surface area contributed by atoms with Crippen molar-refractivity contribution in [3.8, 4) is 0 Å². The van der Waals surface area contributed by atoms with E-state index in [0.29, 0.717) is 18.2 Å². The molecule has 0 aromatic carbocycles. The molecular weight excluding hydrogens is 218 g/mol. The summed E-state index contributed by atoms with van der Waals surface area (Å²) in [6, 6.07) is 0. The van der Waals surface area contributed by atoms with Gasteiger partial charge in [-0.3, -0.25) is 4.40 Å². The molecule has 0 aliphatic carbocycles. The normalized spacial score (nSPS) is 11.4. The maximum Gasteiger partial charge on any atom is 0.356 e. The molecule has 0 atom stereocenters. The fraction of sp³-hybridized carbons (Fsp3) is 0.500. The van der Waals surface area contributed by atoms with E-state index in [9.17, 15) is 4.79 Å². The molecule has 0 radical (unpaired) electrons. The fourth-order valence-electron chi connectivity index (χ4n) is 1.74. The average Bonchev–Trinajstić information content (AvgIpc) is 2.79. The molecule has 17 heavy (non-hydrogen) atoms. The first-order valence-electron chi connectivity index (χ1n) is 5.76. The Bertz CT molecular complexity index is 551. The Morgan fingerprint density at radius 2 is 2.18 bits per heavy atom. The SMILES string of the molecule is CCOC(=O)c1cn2cc(C(C)C)nc2n1C. The largest absolute Gasteiger partial charge is 0.461 e. The van der Waals surface area contributed by atoms with Crippen LogP contribution in [0.2, 0.25) is 0 Å². The molecule has 0 saturated carbocycles. The molecule has 0 amide bonds. The number of carbonyl (C=O) groups is 1. The van der Waals surface area contributed by atoms with Crippen molar-refractivity contribution in [2.24, 2.45) is 7.05 Å². The number of aromatic nitrogens is 3. The second-order valence-electron chi connectivity index (χ2n) is 4.32. The van der Waals surface area contributed by atoms with Gasteiger partial charge in [0.1, 0.15) is 5.69 Å². The van der Waals surface area contributed by atoms with Gasteiger partial charge < -0.3 is 9.30 Å². The minimum atomic E-state index is -0.313. The van der Waals surface area contributed by atoms with E-state index in [1.807, 2.05) is 17.6 Å². The zero-order chi connectivity index (χ0) is 12.6. The monoisotopic (exact) mass is 235 g/mol. The van der Waals surface area contributed by atoms with Gasteiger partial charge in [0, 0.05) is 19.4 Å². The topological polar surface area (TPSA) is 48.5 Å². The summed E-state index contributed by atoms with van der Waals surface area (Å²) in [5, 5.41) is 0. The molecule has 92 valence electrons. The molecule has 0 bridgehead atoms. The number of hydrogen-bond acceptors (Lipinski definition) is 3. The van der Waals surface area contributed by atoms with Crippen LogP contribution in [0, 0.1) is 0 Å². The quantitative estimate of drug-likeness (QED) is 0.764. The highest BCUT2D eigenvalue weighted by Crippen LogP contribution is 2.16. The molecular formula is C12H17N3O2. The van der Waals surface area contributed by atoms with Crippen LogP contribution >= 0.6 is 0 Å². The first-order chi connectivity index (χ1) is 8.04. The van der Waals surface area contributed by atoms with Gasteiger partial charge in [0.25, 0.3) is 0 Å². The first-order valence-corrected chi connectivity index (χ1v) is 5.76. The fourth-order valence-corrected chi connectivity index (χ4v) is 1.74. The van der Waals surface area contributed by atoms with Gasteiger partial charge in [0.2, 0.25) is 5.78 Å². The van der Waals surface area contributed by atoms with E-state index in [1.54, 1.807) is 17.7 Å². The lowest BCUT2D eigenvalue weighted by atomic mass is 10.2. The number of fused-ring (bicyclic) bond motifs is 1. The van der Waals surface area contributed by atoms with Gasteiger partial charge in [-0.05, 0) is 12.8 Å². The lowest BCUT2D eigenvalue weighted by molar-refractivity contribution is 0.0515. The van der Waals surface area contributed by atoms with Crippen molar-refractivity contribution in [3.63, 3.8) is 0 Å². The summed E-state index contributed by atoms with van der Waals surface area (Å²) in [5.41, 5.74) is 1.54. The van der Waals surface area contributed by atoms with Crippen molar-refractivity contribution in [1.29, 1.82) is 0 Å². The van der Waals surface area contributed by atoms with Gasteiger partial charge in [0.15, 0.2) is 0 Å². The Morgan fingerprint density at radius 1 is 1.47 bits per heavy atom. The van der Waals surface area contributed by atoms with E-state index in [1.165, 1.54) is 0 Å². The third-order valence-electron chi connectivity index (χ3n) is 2.73. The number of carbonyl (C=O) groups excluding carboxylic acids is 1. The maximum atomic E-state index is 11.7. The molecule has 5 heteroatoms. The van der Waals surface area contributed by atoms with Gasteiger partial charge in [-0.2, -0.15) is 0 Å². The second kappa shape index (κ2) is 4.24. The van der Waals surface area contributed by atoms with Gasteiger partial charge in [-0.15, -0.1) is 0 Å². The molecule has 0 unspecified atom stereocenters. The van der Waals surface area contributed by atoms with E-state index in [0.717, 1.165) is 11.5 Å². The third kappa shape index (κ3) is 1.92.